The zero-order chi connectivity index (χ0) is 17.0. The molecule has 1 heterocycles. The molecule has 2 aromatic rings. The van der Waals surface area contributed by atoms with E-state index in [4.69, 9.17) is 17.3 Å². The van der Waals surface area contributed by atoms with Crippen molar-refractivity contribution in [3.63, 3.8) is 0 Å². The van der Waals surface area contributed by atoms with Crippen molar-refractivity contribution in [2.45, 2.75) is 19.5 Å². The number of nitrogens with two attached hydrogens (primary N) is 1. The minimum absolute atomic E-state index is 0.189. The molecule has 2 amide bonds. The van der Waals surface area contributed by atoms with Gasteiger partial charge < -0.3 is 11.1 Å². The number of benzene rings is 1. The molecule has 1 unspecified atom stereocenters. The lowest BCUT2D eigenvalue weighted by atomic mass is 10.2. The number of halogens is 1. The Morgan fingerprint density at radius 3 is 2.57 bits per heavy atom. The van der Waals surface area contributed by atoms with Gasteiger partial charge in [0.2, 0.25) is 5.91 Å². The Morgan fingerprint density at radius 2 is 1.96 bits per heavy atom. The second kappa shape index (κ2) is 7.59. The summed E-state index contributed by atoms with van der Waals surface area (Å²) in [5.74, 6) is -0.741. The van der Waals surface area contributed by atoms with E-state index in [9.17, 15) is 9.59 Å². The Labute approximate surface area is 144 Å². The minimum atomic E-state index is -0.552. The SMILES string of the molecule is CC(C(=O)Nc1sccc1C(N)=O)N(C)Cc1ccc(Cl)cc1. The smallest absolute Gasteiger partial charge is 0.251 e. The summed E-state index contributed by atoms with van der Waals surface area (Å²) in [7, 11) is 1.86. The maximum absolute atomic E-state index is 12.4. The largest absolute Gasteiger partial charge is 0.366 e. The average Bonchev–Trinajstić information content (AvgIpc) is 2.97. The molecule has 0 bridgehead atoms. The molecule has 7 heteroatoms. The Bertz CT molecular complexity index is 700. The van der Waals surface area contributed by atoms with Crippen molar-refractivity contribution in [1.29, 1.82) is 0 Å². The molecule has 0 aliphatic heterocycles. The molecule has 5 nitrogen and oxygen atoms in total. The second-order valence-corrected chi connectivity index (χ2v) is 6.59. The number of carbonyl (C=O) groups is 2. The van der Waals surface area contributed by atoms with Crippen LogP contribution in [0, 0.1) is 0 Å². The highest BCUT2D eigenvalue weighted by Gasteiger charge is 2.20. The molecule has 1 atom stereocenters. The van der Waals surface area contributed by atoms with Crippen molar-refractivity contribution in [3.05, 3.63) is 51.9 Å². The van der Waals surface area contributed by atoms with Gasteiger partial charge >= 0.3 is 0 Å². The molecule has 0 aliphatic rings. The fraction of sp³-hybridized carbons (Fsp3) is 0.250. The highest BCUT2D eigenvalue weighted by Crippen LogP contribution is 2.23. The van der Waals surface area contributed by atoms with Crippen molar-refractivity contribution in [2.24, 2.45) is 5.73 Å². The van der Waals surface area contributed by atoms with Crippen LogP contribution in [0.1, 0.15) is 22.8 Å². The van der Waals surface area contributed by atoms with Gasteiger partial charge in [-0.05, 0) is 43.1 Å². The topological polar surface area (TPSA) is 75.4 Å². The summed E-state index contributed by atoms with van der Waals surface area (Å²) in [5.41, 5.74) is 6.67. The van der Waals surface area contributed by atoms with Crippen LogP contribution in [0.25, 0.3) is 0 Å². The third-order valence-electron chi connectivity index (χ3n) is 3.55. The van der Waals surface area contributed by atoms with Gasteiger partial charge in [0.1, 0.15) is 5.00 Å². The Hall–Kier alpha value is -1.89. The van der Waals surface area contributed by atoms with Crippen LogP contribution in [0.5, 0.6) is 0 Å². The number of amides is 2. The molecule has 0 saturated heterocycles. The van der Waals surface area contributed by atoms with Crippen LogP contribution in [0.15, 0.2) is 35.7 Å². The van der Waals surface area contributed by atoms with E-state index < -0.39 is 5.91 Å². The lowest BCUT2D eigenvalue weighted by molar-refractivity contribution is -0.120. The van der Waals surface area contributed by atoms with Gasteiger partial charge in [-0.25, -0.2) is 0 Å². The van der Waals surface area contributed by atoms with E-state index in [-0.39, 0.29) is 11.9 Å². The second-order valence-electron chi connectivity index (χ2n) is 5.23. The number of hydrogen-bond donors (Lipinski definition) is 2. The number of nitrogens with zero attached hydrogens (tertiary/aromatic N) is 1. The van der Waals surface area contributed by atoms with Crippen molar-refractivity contribution in [3.8, 4) is 0 Å². The highest BCUT2D eigenvalue weighted by molar-refractivity contribution is 7.14. The van der Waals surface area contributed by atoms with E-state index in [2.05, 4.69) is 5.32 Å². The summed E-state index contributed by atoms with van der Waals surface area (Å²) < 4.78 is 0. The zero-order valence-electron chi connectivity index (χ0n) is 12.9. The Balaban J connectivity index is 1.99. The maximum Gasteiger partial charge on any atom is 0.251 e. The summed E-state index contributed by atoms with van der Waals surface area (Å²) in [5, 5.41) is 5.64. The zero-order valence-corrected chi connectivity index (χ0v) is 14.4. The highest BCUT2D eigenvalue weighted by atomic mass is 35.5. The average molecular weight is 352 g/mol. The van der Waals surface area contributed by atoms with Crippen LogP contribution in [-0.2, 0) is 11.3 Å². The quantitative estimate of drug-likeness (QED) is 0.840. The number of likely N-dealkylation sites (N-methyl/N-ethyl adjacent to an activating group) is 1. The number of thiophene rings is 1. The maximum atomic E-state index is 12.4. The van der Waals surface area contributed by atoms with E-state index >= 15 is 0 Å². The standard InChI is InChI=1S/C16H18ClN3O2S/c1-10(20(2)9-11-3-5-12(17)6-4-11)15(22)19-16-13(14(18)21)7-8-23-16/h3-8,10H,9H2,1-2H3,(H2,18,21)(H,19,22). The number of hydrogen-bond acceptors (Lipinski definition) is 4. The molecule has 3 N–H and O–H groups in total. The van der Waals surface area contributed by atoms with E-state index in [1.807, 2.05) is 43.1 Å². The molecule has 0 saturated carbocycles. The van der Waals surface area contributed by atoms with Crippen LogP contribution in [0.4, 0.5) is 5.00 Å². The van der Waals surface area contributed by atoms with Crippen LogP contribution < -0.4 is 11.1 Å². The fourth-order valence-electron chi connectivity index (χ4n) is 2.03. The Kier molecular flexibility index (Phi) is 5.76. The number of rotatable bonds is 6. The van der Waals surface area contributed by atoms with Gasteiger partial charge in [-0.3, -0.25) is 14.5 Å². The van der Waals surface area contributed by atoms with Crippen molar-refractivity contribution in [1.82, 2.24) is 4.90 Å². The first-order valence-electron chi connectivity index (χ1n) is 7.01. The molecular formula is C16H18ClN3O2S. The van der Waals surface area contributed by atoms with Gasteiger partial charge in [-0.1, -0.05) is 23.7 Å². The molecule has 0 spiro atoms. The van der Waals surface area contributed by atoms with Gasteiger partial charge in [0, 0.05) is 11.6 Å². The number of anilines is 1. The molecule has 2 rings (SSSR count). The summed E-state index contributed by atoms with van der Waals surface area (Å²) in [6.07, 6.45) is 0. The van der Waals surface area contributed by atoms with Gasteiger partial charge in [0.15, 0.2) is 0 Å². The Morgan fingerprint density at radius 1 is 1.30 bits per heavy atom. The monoisotopic (exact) mass is 351 g/mol. The normalized spacial score (nSPS) is 12.2. The predicted octanol–water partition coefficient (Wildman–Crippen LogP) is 2.96. The molecule has 23 heavy (non-hydrogen) atoms. The summed E-state index contributed by atoms with van der Waals surface area (Å²) in [4.78, 5) is 25.6. The summed E-state index contributed by atoms with van der Waals surface area (Å²) in [6, 6.07) is 8.72. The van der Waals surface area contributed by atoms with Gasteiger partial charge in [-0.2, -0.15) is 0 Å². The van der Waals surface area contributed by atoms with Crippen LogP contribution in [0.2, 0.25) is 5.02 Å². The molecule has 0 aliphatic carbocycles. The number of nitrogens with one attached hydrogen (secondary N) is 1. The number of carbonyl (C=O) groups excluding carboxylic acids is 2. The van der Waals surface area contributed by atoms with E-state index in [0.29, 0.717) is 22.1 Å². The van der Waals surface area contributed by atoms with Crippen LogP contribution in [0.3, 0.4) is 0 Å². The predicted molar refractivity (Wildman–Crippen MR) is 93.8 cm³/mol. The summed E-state index contributed by atoms with van der Waals surface area (Å²) in [6.45, 7) is 2.42. The first-order chi connectivity index (χ1) is 10.9. The first kappa shape index (κ1) is 17.5. The lowest BCUT2D eigenvalue weighted by Gasteiger charge is -2.23. The molecule has 0 fully saturated rings. The van der Waals surface area contributed by atoms with Crippen molar-refractivity contribution < 1.29 is 9.59 Å². The molecule has 1 aromatic carbocycles. The van der Waals surface area contributed by atoms with Gasteiger partial charge in [0.25, 0.3) is 5.91 Å². The van der Waals surface area contributed by atoms with Crippen LogP contribution >= 0.6 is 22.9 Å². The van der Waals surface area contributed by atoms with Gasteiger partial charge in [0.05, 0.1) is 11.6 Å². The molecule has 0 radical (unpaired) electrons. The van der Waals surface area contributed by atoms with Gasteiger partial charge in [-0.15, -0.1) is 11.3 Å². The van der Waals surface area contributed by atoms with E-state index in [0.717, 1.165) is 5.56 Å². The fourth-order valence-corrected chi connectivity index (χ4v) is 2.95. The summed E-state index contributed by atoms with van der Waals surface area (Å²) >= 11 is 7.14. The van der Waals surface area contributed by atoms with E-state index in [1.54, 1.807) is 11.4 Å². The number of primary amides is 1. The van der Waals surface area contributed by atoms with E-state index in [1.165, 1.54) is 11.3 Å². The van der Waals surface area contributed by atoms with Crippen molar-refractivity contribution >= 4 is 39.8 Å². The third-order valence-corrected chi connectivity index (χ3v) is 4.64. The first-order valence-corrected chi connectivity index (χ1v) is 8.27. The molecule has 1 aromatic heterocycles. The third kappa shape index (κ3) is 4.54. The van der Waals surface area contributed by atoms with Crippen LogP contribution in [-0.4, -0.2) is 29.8 Å². The van der Waals surface area contributed by atoms with Crippen molar-refractivity contribution in [2.75, 3.05) is 12.4 Å². The molecular weight excluding hydrogens is 334 g/mol. The minimum Gasteiger partial charge on any atom is -0.366 e. The molecule has 122 valence electrons. The lowest BCUT2D eigenvalue weighted by Crippen LogP contribution is -2.39.